The lowest BCUT2D eigenvalue weighted by atomic mass is 9.98. The number of aromatic nitrogens is 2. The standard InChI is InChI=1S/C30H25BrF3N5O3/c1-17-14-22-25(16-38(17)27(41)19-10-13-24(31)23(15-19)30(32,33)34)37-29(36-20-6-4-3-5-7-20)39(28(22)42)21-11-8-18(9-12-21)26(40)35-2/h3-13,15,17H,14,16H2,1-2H3,(H,35,40)(H,36,37)/t17-/m1/s1. The normalized spacial score (nSPS) is 14.7. The van der Waals surface area contributed by atoms with Crippen LogP contribution in [0.1, 0.15) is 44.5 Å². The molecule has 42 heavy (non-hydrogen) atoms. The fourth-order valence-electron chi connectivity index (χ4n) is 4.85. The molecule has 2 heterocycles. The van der Waals surface area contributed by atoms with Gasteiger partial charge in [0.2, 0.25) is 5.95 Å². The second-order valence-electron chi connectivity index (χ2n) is 9.80. The molecule has 12 heteroatoms. The van der Waals surface area contributed by atoms with Crippen LogP contribution in [0.4, 0.5) is 24.8 Å². The monoisotopic (exact) mass is 639 g/mol. The summed E-state index contributed by atoms with van der Waals surface area (Å²) in [5, 5.41) is 5.72. The minimum absolute atomic E-state index is 0.0676. The maximum absolute atomic E-state index is 14.0. The van der Waals surface area contributed by atoms with Gasteiger partial charge in [0.1, 0.15) is 0 Å². The van der Waals surface area contributed by atoms with Crippen LogP contribution in [0.15, 0.2) is 82.1 Å². The summed E-state index contributed by atoms with van der Waals surface area (Å²) in [5.41, 5.74) is 0.872. The molecule has 0 saturated heterocycles. The zero-order chi connectivity index (χ0) is 30.2. The van der Waals surface area contributed by atoms with Crippen molar-refractivity contribution in [2.45, 2.75) is 32.1 Å². The Labute approximate surface area is 247 Å². The van der Waals surface area contributed by atoms with Crippen LogP contribution < -0.4 is 16.2 Å². The number of rotatable bonds is 5. The molecule has 0 bridgehead atoms. The molecule has 1 atom stereocenters. The molecule has 0 fully saturated rings. The number of hydrogen-bond donors (Lipinski definition) is 2. The number of para-hydroxylation sites is 1. The summed E-state index contributed by atoms with van der Waals surface area (Å²) in [5.74, 6) is -0.686. The number of hydrogen-bond acceptors (Lipinski definition) is 5. The zero-order valence-electron chi connectivity index (χ0n) is 22.5. The van der Waals surface area contributed by atoms with E-state index in [9.17, 15) is 27.6 Å². The average Bonchev–Trinajstić information content (AvgIpc) is 2.97. The number of nitrogens with zero attached hydrogens (tertiary/aromatic N) is 3. The van der Waals surface area contributed by atoms with Crippen LogP contribution in [0.5, 0.6) is 0 Å². The van der Waals surface area contributed by atoms with Crippen molar-refractivity contribution >= 4 is 39.4 Å². The topological polar surface area (TPSA) is 96.3 Å². The number of carbonyl (C=O) groups is 2. The van der Waals surface area contributed by atoms with E-state index in [0.717, 1.165) is 6.07 Å². The van der Waals surface area contributed by atoms with E-state index >= 15 is 0 Å². The van der Waals surface area contributed by atoms with E-state index in [2.05, 4.69) is 26.6 Å². The van der Waals surface area contributed by atoms with Crippen LogP contribution in [0.25, 0.3) is 5.69 Å². The molecule has 2 N–H and O–H groups in total. The quantitative estimate of drug-likeness (QED) is 0.292. The van der Waals surface area contributed by atoms with Gasteiger partial charge in [0.25, 0.3) is 17.4 Å². The molecule has 5 rings (SSSR count). The minimum Gasteiger partial charge on any atom is -0.355 e. The van der Waals surface area contributed by atoms with Crippen LogP contribution in [0, 0.1) is 0 Å². The number of halogens is 4. The molecule has 2 amide bonds. The summed E-state index contributed by atoms with van der Waals surface area (Å²) < 4.78 is 41.8. The van der Waals surface area contributed by atoms with E-state index in [4.69, 9.17) is 4.98 Å². The Kier molecular flexibility index (Phi) is 7.91. The maximum atomic E-state index is 14.0. The first kappa shape index (κ1) is 29.1. The number of carbonyl (C=O) groups excluding carboxylic acids is 2. The fourth-order valence-corrected chi connectivity index (χ4v) is 5.32. The Morgan fingerprint density at radius 2 is 1.67 bits per heavy atom. The number of benzene rings is 3. The molecular formula is C30H25BrF3N5O3. The number of nitrogens with one attached hydrogen (secondary N) is 2. The predicted molar refractivity (Wildman–Crippen MR) is 155 cm³/mol. The number of fused-ring (bicyclic) bond motifs is 1. The van der Waals surface area contributed by atoms with Crippen molar-refractivity contribution in [2.75, 3.05) is 12.4 Å². The van der Waals surface area contributed by atoms with Gasteiger partial charge in [0.15, 0.2) is 0 Å². The van der Waals surface area contributed by atoms with E-state index in [1.807, 2.05) is 18.2 Å². The Bertz CT molecular complexity index is 1720. The summed E-state index contributed by atoms with van der Waals surface area (Å²) in [6, 6.07) is 18.4. The highest BCUT2D eigenvalue weighted by atomic mass is 79.9. The van der Waals surface area contributed by atoms with Gasteiger partial charge in [-0.1, -0.05) is 34.1 Å². The zero-order valence-corrected chi connectivity index (χ0v) is 24.1. The molecule has 3 aromatic carbocycles. The number of anilines is 2. The summed E-state index contributed by atoms with van der Waals surface area (Å²) in [6.07, 6.45) is -4.49. The van der Waals surface area contributed by atoms with Gasteiger partial charge in [-0.2, -0.15) is 13.2 Å². The lowest BCUT2D eigenvalue weighted by Gasteiger charge is -2.34. The van der Waals surface area contributed by atoms with Crippen LogP contribution in [0.2, 0.25) is 0 Å². The van der Waals surface area contributed by atoms with Crippen LogP contribution in [0.3, 0.4) is 0 Å². The highest BCUT2D eigenvalue weighted by Gasteiger charge is 2.36. The number of amides is 2. The molecule has 8 nitrogen and oxygen atoms in total. The van der Waals surface area contributed by atoms with Crippen molar-refractivity contribution in [3.8, 4) is 5.69 Å². The van der Waals surface area contributed by atoms with Crippen LogP contribution in [-0.4, -0.2) is 39.4 Å². The molecule has 216 valence electrons. The van der Waals surface area contributed by atoms with Crippen molar-refractivity contribution in [1.82, 2.24) is 19.8 Å². The molecule has 1 aliphatic heterocycles. The van der Waals surface area contributed by atoms with Gasteiger partial charge in [-0.3, -0.25) is 14.4 Å². The minimum atomic E-state index is -4.64. The van der Waals surface area contributed by atoms with Gasteiger partial charge in [0.05, 0.1) is 23.5 Å². The lowest BCUT2D eigenvalue weighted by Crippen LogP contribution is -2.46. The van der Waals surface area contributed by atoms with Gasteiger partial charge in [-0.15, -0.1) is 0 Å². The third-order valence-electron chi connectivity index (χ3n) is 7.04. The SMILES string of the molecule is CNC(=O)c1ccc(-n2c(Nc3ccccc3)nc3c(c2=O)C[C@@H](C)N(C(=O)c2ccc(Br)c(C(F)(F)F)c2)C3)cc1. The smallest absolute Gasteiger partial charge is 0.355 e. The van der Waals surface area contributed by atoms with Gasteiger partial charge in [-0.25, -0.2) is 9.55 Å². The van der Waals surface area contributed by atoms with Crippen LogP contribution in [-0.2, 0) is 19.1 Å². The van der Waals surface area contributed by atoms with Crippen molar-refractivity contribution in [2.24, 2.45) is 0 Å². The maximum Gasteiger partial charge on any atom is 0.417 e. The van der Waals surface area contributed by atoms with Crippen molar-refractivity contribution in [3.63, 3.8) is 0 Å². The van der Waals surface area contributed by atoms with Crippen molar-refractivity contribution in [1.29, 1.82) is 0 Å². The number of alkyl halides is 3. The third-order valence-corrected chi connectivity index (χ3v) is 7.73. The summed E-state index contributed by atoms with van der Waals surface area (Å²) >= 11 is 2.91. The van der Waals surface area contributed by atoms with Gasteiger partial charge in [0, 0.05) is 39.9 Å². The van der Waals surface area contributed by atoms with Gasteiger partial charge >= 0.3 is 6.18 Å². The first-order valence-electron chi connectivity index (χ1n) is 12.9. The average molecular weight is 640 g/mol. The highest BCUT2D eigenvalue weighted by Crippen LogP contribution is 2.36. The summed E-state index contributed by atoms with van der Waals surface area (Å²) in [7, 11) is 1.52. The first-order chi connectivity index (χ1) is 20.0. The first-order valence-corrected chi connectivity index (χ1v) is 13.7. The molecule has 0 unspecified atom stereocenters. The molecule has 0 spiro atoms. The second kappa shape index (κ2) is 11.4. The fraction of sp³-hybridized carbons (Fsp3) is 0.200. The van der Waals surface area contributed by atoms with E-state index in [-0.39, 0.29) is 40.4 Å². The summed E-state index contributed by atoms with van der Waals surface area (Å²) in [4.78, 5) is 45.6. The molecule has 0 radical (unpaired) electrons. The largest absolute Gasteiger partial charge is 0.417 e. The second-order valence-corrected chi connectivity index (χ2v) is 10.7. The van der Waals surface area contributed by atoms with Gasteiger partial charge < -0.3 is 15.5 Å². The van der Waals surface area contributed by atoms with Gasteiger partial charge in [-0.05, 0) is 67.9 Å². The lowest BCUT2D eigenvalue weighted by molar-refractivity contribution is -0.138. The Morgan fingerprint density at radius 1 is 1.00 bits per heavy atom. The Hall–Kier alpha value is -4.45. The van der Waals surface area contributed by atoms with E-state index in [0.29, 0.717) is 28.2 Å². The highest BCUT2D eigenvalue weighted by molar-refractivity contribution is 9.10. The Balaban J connectivity index is 1.57. The van der Waals surface area contributed by atoms with Crippen LogP contribution >= 0.6 is 15.9 Å². The Morgan fingerprint density at radius 3 is 2.31 bits per heavy atom. The molecule has 0 saturated carbocycles. The molecule has 0 aliphatic carbocycles. The van der Waals surface area contributed by atoms with E-state index < -0.39 is 23.7 Å². The molecule has 1 aliphatic rings. The van der Waals surface area contributed by atoms with Crippen molar-refractivity contribution in [3.05, 3.63) is 116 Å². The van der Waals surface area contributed by atoms with E-state index in [1.165, 1.54) is 28.6 Å². The molecule has 1 aromatic heterocycles. The van der Waals surface area contributed by atoms with Crippen molar-refractivity contribution < 1.29 is 22.8 Å². The van der Waals surface area contributed by atoms with E-state index in [1.54, 1.807) is 43.3 Å². The molecule has 4 aromatic rings. The summed E-state index contributed by atoms with van der Waals surface area (Å²) in [6.45, 7) is 1.67. The predicted octanol–water partition coefficient (Wildman–Crippen LogP) is 5.70. The third kappa shape index (κ3) is 5.67. The molecular weight excluding hydrogens is 615 g/mol.